The van der Waals surface area contributed by atoms with Crippen LogP contribution in [0.4, 0.5) is 0 Å². The Morgan fingerprint density at radius 3 is 0.875 bits per heavy atom. The molecule has 1 atom stereocenters. The zero-order valence-corrected chi connectivity index (χ0v) is 46.4. The van der Waals surface area contributed by atoms with Crippen LogP contribution < -0.4 is 0 Å². The van der Waals surface area contributed by atoms with Gasteiger partial charge in [0, 0.05) is 19.3 Å². The molecule has 1 unspecified atom stereocenters. The van der Waals surface area contributed by atoms with Crippen molar-refractivity contribution in [2.75, 3.05) is 13.2 Å². The maximum absolute atomic E-state index is 12.8. The summed E-state index contributed by atoms with van der Waals surface area (Å²) in [5.41, 5.74) is 0. The second-order valence-corrected chi connectivity index (χ2v) is 18.8. The summed E-state index contributed by atoms with van der Waals surface area (Å²) >= 11 is 0. The van der Waals surface area contributed by atoms with Crippen LogP contribution in [0.5, 0.6) is 0 Å². The molecule has 0 aliphatic rings. The highest BCUT2D eigenvalue weighted by molar-refractivity contribution is 5.71. The number of allylic oxidation sites excluding steroid dienone is 22. The Labute approximate surface area is 443 Å². The second-order valence-electron chi connectivity index (χ2n) is 18.8. The quantitative estimate of drug-likeness (QED) is 0.0261. The minimum Gasteiger partial charge on any atom is -0.462 e. The van der Waals surface area contributed by atoms with Crippen molar-refractivity contribution in [3.8, 4) is 0 Å². The monoisotopic (exact) mass is 995 g/mol. The third kappa shape index (κ3) is 56.5. The van der Waals surface area contributed by atoms with Crippen molar-refractivity contribution < 1.29 is 28.6 Å². The van der Waals surface area contributed by atoms with Crippen molar-refractivity contribution in [3.63, 3.8) is 0 Å². The first kappa shape index (κ1) is 67.5. The van der Waals surface area contributed by atoms with Crippen LogP contribution in [0, 0.1) is 0 Å². The molecule has 0 aromatic rings. The van der Waals surface area contributed by atoms with Gasteiger partial charge < -0.3 is 14.2 Å². The fourth-order valence-electron chi connectivity index (χ4n) is 7.50. The molecule has 72 heavy (non-hydrogen) atoms. The summed E-state index contributed by atoms with van der Waals surface area (Å²) in [5.74, 6) is -0.942. The summed E-state index contributed by atoms with van der Waals surface area (Å²) in [6.45, 7) is 6.35. The average Bonchev–Trinajstić information content (AvgIpc) is 3.38. The lowest BCUT2D eigenvalue weighted by atomic mass is 10.1. The molecule has 0 radical (unpaired) electrons. The number of carbonyl (C=O) groups excluding carboxylic acids is 3. The maximum Gasteiger partial charge on any atom is 0.306 e. The summed E-state index contributed by atoms with van der Waals surface area (Å²) in [7, 11) is 0. The smallest absolute Gasteiger partial charge is 0.306 e. The highest BCUT2D eigenvalue weighted by atomic mass is 16.6. The Hall–Kier alpha value is -4.45. The van der Waals surface area contributed by atoms with E-state index in [1.54, 1.807) is 0 Å². The van der Waals surface area contributed by atoms with Gasteiger partial charge in [0.1, 0.15) is 13.2 Å². The molecule has 0 aliphatic heterocycles. The molecule has 0 saturated carbocycles. The number of carbonyl (C=O) groups is 3. The van der Waals surface area contributed by atoms with E-state index in [-0.39, 0.29) is 31.1 Å². The lowest BCUT2D eigenvalue weighted by Gasteiger charge is -2.18. The van der Waals surface area contributed by atoms with Gasteiger partial charge in [-0.25, -0.2) is 0 Å². The molecule has 406 valence electrons. The Balaban J connectivity index is 4.27. The van der Waals surface area contributed by atoms with Crippen molar-refractivity contribution in [3.05, 3.63) is 134 Å². The second kappa shape index (κ2) is 59.1. The Morgan fingerprint density at radius 1 is 0.292 bits per heavy atom. The van der Waals surface area contributed by atoms with E-state index >= 15 is 0 Å². The molecule has 0 bridgehead atoms. The molecule has 0 aromatic heterocycles. The zero-order chi connectivity index (χ0) is 52.2. The number of ether oxygens (including phenoxy) is 3. The third-order valence-corrected chi connectivity index (χ3v) is 11.8. The van der Waals surface area contributed by atoms with E-state index in [9.17, 15) is 14.4 Å². The summed E-state index contributed by atoms with van der Waals surface area (Å²) in [5, 5.41) is 0. The van der Waals surface area contributed by atoms with E-state index in [4.69, 9.17) is 14.2 Å². The molecular formula is C66H106O6. The van der Waals surface area contributed by atoms with Crippen LogP contribution in [0.2, 0.25) is 0 Å². The van der Waals surface area contributed by atoms with Gasteiger partial charge in [-0.15, -0.1) is 0 Å². The Morgan fingerprint density at radius 2 is 0.542 bits per heavy atom. The van der Waals surface area contributed by atoms with Crippen LogP contribution in [0.25, 0.3) is 0 Å². The van der Waals surface area contributed by atoms with E-state index < -0.39 is 6.10 Å². The molecule has 6 nitrogen and oxygen atoms in total. The first-order chi connectivity index (χ1) is 35.5. The number of hydrogen-bond donors (Lipinski definition) is 0. The van der Waals surface area contributed by atoms with Crippen LogP contribution in [0.15, 0.2) is 134 Å². The van der Waals surface area contributed by atoms with E-state index in [2.05, 4.69) is 154 Å². The lowest BCUT2D eigenvalue weighted by molar-refractivity contribution is -0.167. The van der Waals surface area contributed by atoms with Gasteiger partial charge in [0.25, 0.3) is 0 Å². The molecule has 0 saturated heterocycles. The molecule has 0 aliphatic carbocycles. The van der Waals surface area contributed by atoms with E-state index in [1.807, 2.05) is 0 Å². The van der Waals surface area contributed by atoms with Crippen LogP contribution in [0.1, 0.15) is 245 Å². The number of unbranched alkanes of at least 4 members (excludes halogenated alkanes) is 18. The summed E-state index contributed by atoms with van der Waals surface area (Å²) in [6.07, 6.45) is 83.1. The van der Waals surface area contributed by atoms with Gasteiger partial charge in [0.2, 0.25) is 0 Å². The first-order valence-corrected chi connectivity index (χ1v) is 29.2. The van der Waals surface area contributed by atoms with E-state index in [0.717, 1.165) is 173 Å². The predicted octanol–water partition coefficient (Wildman–Crippen LogP) is 19.8. The molecule has 0 spiro atoms. The number of esters is 3. The number of hydrogen-bond acceptors (Lipinski definition) is 6. The van der Waals surface area contributed by atoms with Crippen LogP contribution in [-0.2, 0) is 28.6 Å². The Bertz CT molecular complexity index is 1560. The van der Waals surface area contributed by atoms with Gasteiger partial charge in [-0.3, -0.25) is 14.4 Å². The highest BCUT2D eigenvalue weighted by Gasteiger charge is 2.19. The summed E-state index contributed by atoms with van der Waals surface area (Å²) in [4.78, 5) is 38.0. The minimum atomic E-state index is -0.798. The van der Waals surface area contributed by atoms with Crippen molar-refractivity contribution in [1.82, 2.24) is 0 Å². The lowest BCUT2D eigenvalue weighted by Crippen LogP contribution is -2.30. The normalized spacial score (nSPS) is 13.1. The topological polar surface area (TPSA) is 78.9 Å². The molecule has 0 N–H and O–H groups in total. The Kier molecular flexibility index (Phi) is 55.5. The molecule has 6 heteroatoms. The van der Waals surface area contributed by atoms with Crippen molar-refractivity contribution in [2.24, 2.45) is 0 Å². The van der Waals surface area contributed by atoms with Crippen LogP contribution in [-0.4, -0.2) is 37.2 Å². The minimum absolute atomic E-state index is 0.0964. The largest absolute Gasteiger partial charge is 0.462 e. The van der Waals surface area contributed by atoms with Gasteiger partial charge in [0.05, 0.1) is 0 Å². The summed E-state index contributed by atoms with van der Waals surface area (Å²) < 4.78 is 16.8. The highest BCUT2D eigenvalue weighted by Crippen LogP contribution is 2.13. The average molecular weight is 996 g/mol. The fourth-order valence-corrected chi connectivity index (χ4v) is 7.50. The van der Waals surface area contributed by atoms with Crippen molar-refractivity contribution >= 4 is 17.9 Å². The molecule has 0 heterocycles. The molecule has 0 amide bonds. The van der Waals surface area contributed by atoms with Crippen molar-refractivity contribution in [1.29, 1.82) is 0 Å². The first-order valence-electron chi connectivity index (χ1n) is 29.2. The standard InChI is InChI=1S/C66H106O6/c1-4-7-10-13-16-19-22-24-25-26-27-28-29-30-31-32-33-34-35-36-37-38-39-40-41-43-44-47-50-53-56-59-65(68)71-62-63(61-70-64(67)58-55-52-49-46-21-18-15-12-9-6-3)72-66(69)60-57-54-51-48-45-42-23-20-17-14-11-8-5-2/h7,10-12,14-16,19-20,23-25,27-28,30-31,33-34,36-37,39-40,63H,4-6,8-9,13,17-18,21-22,26,29,32,35,38,41-62H2,1-3H3/b10-7-,14-11-,15-12-,19-16-,23-20-,25-24-,28-27-,31-30-,34-33-,37-36-,40-39-. The fraction of sp³-hybridized carbons (Fsp3) is 0.621. The van der Waals surface area contributed by atoms with Crippen molar-refractivity contribution in [2.45, 2.75) is 252 Å². The zero-order valence-electron chi connectivity index (χ0n) is 46.4. The SMILES string of the molecule is CC/C=C\C/C=C\C/C=C\C/C=C\C/C=C\C/C=C\C/C=C\C/C=C\CCCCCCCCC(=O)OCC(COC(=O)CCCCCCC/C=C\CCC)OC(=O)CCCCCCC/C=C\C/C=C\CCC. The third-order valence-electron chi connectivity index (χ3n) is 11.8. The molecule has 0 fully saturated rings. The van der Waals surface area contributed by atoms with Crippen LogP contribution in [0.3, 0.4) is 0 Å². The van der Waals surface area contributed by atoms with E-state index in [1.165, 1.54) is 32.1 Å². The van der Waals surface area contributed by atoms with E-state index in [0.29, 0.717) is 19.3 Å². The van der Waals surface area contributed by atoms with Gasteiger partial charge in [-0.2, -0.15) is 0 Å². The molecule has 0 rings (SSSR count). The van der Waals surface area contributed by atoms with Crippen LogP contribution >= 0.6 is 0 Å². The predicted molar refractivity (Wildman–Crippen MR) is 311 cm³/mol. The van der Waals surface area contributed by atoms with Gasteiger partial charge >= 0.3 is 17.9 Å². The van der Waals surface area contributed by atoms with Gasteiger partial charge in [-0.1, -0.05) is 231 Å². The van der Waals surface area contributed by atoms with Gasteiger partial charge in [-0.05, 0) is 128 Å². The number of rotatable bonds is 51. The van der Waals surface area contributed by atoms with Gasteiger partial charge in [0.15, 0.2) is 6.10 Å². The summed E-state index contributed by atoms with van der Waals surface area (Å²) in [6, 6.07) is 0. The molecular weight excluding hydrogens is 889 g/mol. The maximum atomic E-state index is 12.8. The molecule has 0 aromatic carbocycles.